The zero-order valence-corrected chi connectivity index (χ0v) is 11.6. The molecule has 0 saturated carbocycles. The minimum absolute atomic E-state index is 0.259. The fourth-order valence-electron chi connectivity index (χ4n) is 2.65. The normalized spacial score (nSPS) is 17.5. The summed E-state index contributed by atoms with van der Waals surface area (Å²) in [7, 11) is 3.23. The SMILES string of the molecule is COc1cccc(C(C#N)N2CCCCC2)c1OC. The Morgan fingerprint density at radius 3 is 2.47 bits per heavy atom. The summed E-state index contributed by atoms with van der Waals surface area (Å²) in [6.45, 7) is 1.94. The molecule has 1 aromatic rings. The van der Waals surface area contributed by atoms with Crippen LogP contribution < -0.4 is 9.47 Å². The van der Waals surface area contributed by atoms with Crippen molar-refractivity contribution in [2.75, 3.05) is 27.3 Å². The van der Waals surface area contributed by atoms with Crippen molar-refractivity contribution in [2.45, 2.75) is 25.3 Å². The Morgan fingerprint density at radius 2 is 1.89 bits per heavy atom. The molecule has 1 heterocycles. The van der Waals surface area contributed by atoms with Gasteiger partial charge < -0.3 is 9.47 Å². The van der Waals surface area contributed by atoms with Crippen LogP contribution in [0.5, 0.6) is 11.5 Å². The molecule has 0 bridgehead atoms. The van der Waals surface area contributed by atoms with E-state index in [9.17, 15) is 5.26 Å². The summed E-state index contributed by atoms with van der Waals surface area (Å²) >= 11 is 0. The average Bonchev–Trinajstić information content (AvgIpc) is 2.48. The van der Waals surface area contributed by atoms with Gasteiger partial charge in [0.15, 0.2) is 11.5 Å². The maximum Gasteiger partial charge on any atom is 0.166 e. The van der Waals surface area contributed by atoms with Crippen LogP contribution >= 0.6 is 0 Å². The van der Waals surface area contributed by atoms with Crippen molar-refractivity contribution in [2.24, 2.45) is 0 Å². The summed E-state index contributed by atoms with van der Waals surface area (Å²) in [5, 5.41) is 9.53. The van der Waals surface area contributed by atoms with Crippen LogP contribution in [0.1, 0.15) is 30.9 Å². The van der Waals surface area contributed by atoms with Crippen LogP contribution in [0.15, 0.2) is 18.2 Å². The van der Waals surface area contributed by atoms with Gasteiger partial charge in [0.1, 0.15) is 6.04 Å². The van der Waals surface area contributed by atoms with Crippen molar-refractivity contribution in [1.82, 2.24) is 4.90 Å². The van der Waals surface area contributed by atoms with Crippen LogP contribution in [0.2, 0.25) is 0 Å². The van der Waals surface area contributed by atoms with Gasteiger partial charge in [-0.25, -0.2) is 0 Å². The van der Waals surface area contributed by atoms with E-state index in [0.29, 0.717) is 11.5 Å². The smallest absolute Gasteiger partial charge is 0.166 e. The molecule has 0 aliphatic carbocycles. The number of likely N-dealkylation sites (tertiary alicyclic amines) is 1. The Balaban J connectivity index is 2.35. The van der Waals surface area contributed by atoms with E-state index in [1.807, 2.05) is 18.2 Å². The predicted octanol–water partition coefficient (Wildman–Crippen LogP) is 2.75. The van der Waals surface area contributed by atoms with Crippen molar-refractivity contribution in [3.05, 3.63) is 23.8 Å². The fraction of sp³-hybridized carbons (Fsp3) is 0.533. The minimum Gasteiger partial charge on any atom is -0.493 e. The molecule has 0 aromatic heterocycles. The molecule has 0 spiro atoms. The molecule has 2 rings (SSSR count). The summed E-state index contributed by atoms with van der Waals surface area (Å²) in [5.41, 5.74) is 0.895. The van der Waals surface area contributed by atoms with Crippen LogP contribution in [-0.2, 0) is 0 Å². The summed E-state index contributed by atoms with van der Waals surface area (Å²) in [4.78, 5) is 2.22. The first-order chi connectivity index (χ1) is 9.31. The van der Waals surface area contributed by atoms with Crippen molar-refractivity contribution >= 4 is 0 Å². The first kappa shape index (κ1) is 13.7. The maximum atomic E-state index is 9.53. The third-order valence-electron chi connectivity index (χ3n) is 3.61. The van der Waals surface area contributed by atoms with Crippen molar-refractivity contribution in [3.8, 4) is 17.6 Å². The minimum atomic E-state index is -0.259. The fourth-order valence-corrected chi connectivity index (χ4v) is 2.65. The molecule has 102 valence electrons. The maximum absolute atomic E-state index is 9.53. The number of hydrogen-bond donors (Lipinski definition) is 0. The summed E-state index contributed by atoms with van der Waals surface area (Å²) in [6.07, 6.45) is 3.57. The first-order valence-corrected chi connectivity index (χ1v) is 6.66. The third-order valence-corrected chi connectivity index (χ3v) is 3.61. The summed E-state index contributed by atoms with van der Waals surface area (Å²) < 4.78 is 10.7. The Hall–Kier alpha value is -1.73. The van der Waals surface area contributed by atoms with Crippen molar-refractivity contribution in [3.63, 3.8) is 0 Å². The lowest BCUT2D eigenvalue weighted by atomic mass is 10.0. The second-order valence-electron chi connectivity index (χ2n) is 4.71. The van der Waals surface area contributed by atoms with Gasteiger partial charge in [-0.2, -0.15) is 5.26 Å². The number of benzene rings is 1. The van der Waals surface area contributed by atoms with E-state index < -0.39 is 0 Å². The quantitative estimate of drug-likeness (QED) is 0.835. The lowest BCUT2D eigenvalue weighted by Crippen LogP contribution is -2.33. The topological polar surface area (TPSA) is 45.5 Å². The van der Waals surface area contributed by atoms with Gasteiger partial charge in [0.2, 0.25) is 0 Å². The van der Waals surface area contributed by atoms with Crippen LogP contribution in [-0.4, -0.2) is 32.2 Å². The van der Waals surface area contributed by atoms with Crippen LogP contribution in [0.4, 0.5) is 0 Å². The van der Waals surface area contributed by atoms with Crippen LogP contribution in [0.3, 0.4) is 0 Å². The number of piperidine rings is 1. The number of ether oxygens (including phenoxy) is 2. The Kier molecular flexibility index (Phi) is 4.64. The number of methoxy groups -OCH3 is 2. The molecule has 0 N–H and O–H groups in total. The van der Waals surface area contributed by atoms with Gasteiger partial charge in [-0.15, -0.1) is 0 Å². The average molecular weight is 260 g/mol. The molecule has 1 saturated heterocycles. The monoisotopic (exact) mass is 260 g/mol. The van der Waals surface area contributed by atoms with E-state index in [1.165, 1.54) is 6.42 Å². The number of rotatable bonds is 4. The van der Waals surface area contributed by atoms with E-state index >= 15 is 0 Å². The van der Waals surface area contributed by atoms with Crippen LogP contribution in [0, 0.1) is 11.3 Å². The molecule has 4 nitrogen and oxygen atoms in total. The lowest BCUT2D eigenvalue weighted by Gasteiger charge is -2.31. The van der Waals surface area contributed by atoms with Gasteiger partial charge in [-0.1, -0.05) is 18.6 Å². The number of nitrogens with zero attached hydrogens (tertiary/aromatic N) is 2. The van der Waals surface area contributed by atoms with Gasteiger partial charge in [0.05, 0.1) is 20.3 Å². The molecular weight excluding hydrogens is 240 g/mol. The molecule has 1 unspecified atom stereocenters. The van der Waals surface area contributed by atoms with Crippen molar-refractivity contribution < 1.29 is 9.47 Å². The van der Waals surface area contributed by atoms with Crippen molar-refractivity contribution in [1.29, 1.82) is 5.26 Å². The highest BCUT2D eigenvalue weighted by atomic mass is 16.5. The Bertz CT molecular complexity index is 462. The van der Waals surface area contributed by atoms with Gasteiger partial charge in [0, 0.05) is 5.56 Å². The van der Waals surface area contributed by atoms with Gasteiger partial charge >= 0.3 is 0 Å². The van der Waals surface area contributed by atoms with E-state index in [1.54, 1.807) is 14.2 Å². The molecule has 1 aliphatic rings. The van der Waals surface area contributed by atoms with Gasteiger partial charge in [0.25, 0.3) is 0 Å². The molecule has 1 fully saturated rings. The number of hydrogen-bond acceptors (Lipinski definition) is 4. The molecule has 0 radical (unpaired) electrons. The first-order valence-electron chi connectivity index (χ1n) is 6.66. The summed E-state index contributed by atoms with van der Waals surface area (Å²) in [6, 6.07) is 7.86. The molecule has 1 aromatic carbocycles. The molecule has 4 heteroatoms. The summed E-state index contributed by atoms with van der Waals surface area (Å²) in [5.74, 6) is 1.35. The molecule has 1 atom stereocenters. The predicted molar refractivity (Wildman–Crippen MR) is 73.3 cm³/mol. The van der Waals surface area contributed by atoms with E-state index in [-0.39, 0.29) is 6.04 Å². The zero-order valence-electron chi connectivity index (χ0n) is 11.6. The molecular formula is C15H20N2O2. The number of para-hydroxylation sites is 1. The zero-order chi connectivity index (χ0) is 13.7. The van der Waals surface area contributed by atoms with E-state index in [0.717, 1.165) is 31.5 Å². The van der Waals surface area contributed by atoms with E-state index in [2.05, 4.69) is 11.0 Å². The lowest BCUT2D eigenvalue weighted by molar-refractivity contribution is 0.192. The van der Waals surface area contributed by atoms with Crippen LogP contribution in [0.25, 0.3) is 0 Å². The standard InChI is InChI=1S/C15H20N2O2/c1-18-14-8-6-7-12(15(14)19-2)13(11-16)17-9-4-3-5-10-17/h6-8,13H,3-5,9-10H2,1-2H3. The largest absolute Gasteiger partial charge is 0.493 e. The Labute approximate surface area is 114 Å². The molecule has 19 heavy (non-hydrogen) atoms. The molecule has 1 aliphatic heterocycles. The van der Waals surface area contributed by atoms with Gasteiger partial charge in [-0.05, 0) is 32.0 Å². The highest BCUT2D eigenvalue weighted by Crippen LogP contribution is 2.37. The highest BCUT2D eigenvalue weighted by Gasteiger charge is 2.26. The number of nitriles is 1. The van der Waals surface area contributed by atoms with Gasteiger partial charge in [-0.3, -0.25) is 4.90 Å². The third kappa shape index (κ3) is 2.82. The van der Waals surface area contributed by atoms with E-state index in [4.69, 9.17) is 9.47 Å². The molecule has 0 amide bonds. The highest BCUT2D eigenvalue weighted by molar-refractivity contribution is 5.49. The second kappa shape index (κ2) is 6.44. The second-order valence-corrected chi connectivity index (χ2v) is 4.71. The Morgan fingerprint density at radius 1 is 1.16 bits per heavy atom.